The first kappa shape index (κ1) is 15.3. The van der Waals surface area contributed by atoms with Crippen LogP contribution in [0.5, 0.6) is 5.75 Å². The number of esters is 1. The molecule has 1 N–H and O–H groups in total. The summed E-state index contributed by atoms with van der Waals surface area (Å²) in [5.41, 5.74) is 3.14. The summed E-state index contributed by atoms with van der Waals surface area (Å²) in [5, 5.41) is 9.66. The molecule has 2 aliphatic rings. The topological polar surface area (TPSA) is 46.5 Å². The number of ether oxygens (including phenoxy) is 1. The summed E-state index contributed by atoms with van der Waals surface area (Å²) in [4.78, 5) is 11.7. The van der Waals surface area contributed by atoms with Crippen molar-refractivity contribution >= 4 is 5.97 Å². The minimum Gasteiger partial charge on any atom is -0.508 e. The van der Waals surface area contributed by atoms with Crippen LogP contribution in [0.15, 0.2) is 48.5 Å². The van der Waals surface area contributed by atoms with Gasteiger partial charge in [0, 0.05) is 5.41 Å². The molecule has 3 heteroatoms. The summed E-state index contributed by atoms with van der Waals surface area (Å²) < 4.78 is 4.81. The molecule has 3 nitrogen and oxygen atoms in total. The van der Waals surface area contributed by atoms with E-state index in [-0.39, 0.29) is 11.4 Å². The van der Waals surface area contributed by atoms with Gasteiger partial charge in [0.05, 0.1) is 12.7 Å². The van der Waals surface area contributed by atoms with Crippen molar-refractivity contribution in [2.24, 2.45) is 11.8 Å². The maximum atomic E-state index is 11.7. The monoisotopic (exact) mass is 322 g/mol. The molecule has 2 aromatic rings. The van der Waals surface area contributed by atoms with Crippen molar-refractivity contribution in [3.8, 4) is 5.75 Å². The molecule has 0 heterocycles. The van der Waals surface area contributed by atoms with Crippen LogP contribution in [0.25, 0.3) is 0 Å². The molecule has 0 saturated heterocycles. The summed E-state index contributed by atoms with van der Waals surface area (Å²) in [6.07, 6.45) is 5.01. The van der Waals surface area contributed by atoms with Crippen molar-refractivity contribution in [2.75, 3.05) is 7.11 Å². The van der Waals surface area contributed by atoms with Gasteiger partial charge < -0.3 is 9.84 Å². The average Bonchev–Trinajstić information content (AvgIpc) is 3.23. The largest absolute Gasteiger partial charge is 0.508 e. The van der Waals surface area contributed by atoms with Gasteiger partial charge in [0.15, 0.2) is 0 Å². The van der Waals surface area contributed by atoms with E-state index in [1.165, 1.54) is 37.5 Å². The lowest BCUT2D eigenvalue weighted by Gasteiger charge is -2.39. The number of rotatable bonds is 3. The molecule has 2 bridgehead atoms. The number of phenols is 1. The standard InChI is InChI=1S/C21H22O3/c1-24-20(23)15-3-6-16(7-4-15)21(13-14-2-5-18(21)12-14)17-8-10-19(22)11-9-17/h3-4,6-11,14,18,22H,2,5,12-13H2,1H3/t14-,18+,21+/m0/s1. The third kappa shape index (κ3) is 2.22. The number of fused-ring (bicyclic) bond motifs is 2. The second-order valence-corrected chi connectivity index (χ2v) is 7.17. The third-order valence-corrected chi connectivity index (χ3v) is 6.05. The minimum atomic E-state index is -0.298. The highest BCUT2D eigenvalue weighted by molar-refractivity contribution is 5.89. The molecule has 2 aliphatic carbocycles. The molecule has 0 unspecified atom stereocenters. The zero-order valence-electron chi connectivity index (χ0n) is 13.9. The predicted octanol–water partition coefficient (Wildman–Crippen LogP) is 4.28. The van der Waals surface area contributed by atoms with E-state index in [1.807, 2.05) is 12.1 Å². The van der Waals surface area contributed by atoms with Gasteiger partial charge in [0.2, 0.25) is 0 Å². The lowest BCUT2D eigenvalue weighted by Crippen LogP contribution is -2.34. The minimum absolute atomic E-state index is 0.00522. The van der Waals surface area contributed by atoms with Crippen molar-refractivity contribution in [1.82, 2.24) is 0 Å². The van der Waals surface area contributed by atoms with Crippen LogP contribution in [0.4, 0.5) is 0 Å². The Morgan fingerprint density at radius 3 is 2.17 bits per heavy atom. The van der Waals surface area contributed by atoms with Gasteiger partial charge in [0.25, 0.3) is 0 Å². The van der Waals surface area contributed by atoms with E-state index >= 15 is 0 Å². The molecule has 24 heavy (non-hydrogen) atoms. The van der Waals surface area contributed by atoms with Crippen LogP contribution in [-0.4, -0.2) is 18.2 Å². The van der Waals surface area contributed by atoms with Gasteiger partial charge in [-0.3, -0.25) is 0 Å². The molecule has 124 valence electrons. The Balaban J connectivity index is 1.79. The number of benzene rings is 2. The zero-order chi connectivity index (χ0) is 16.7. The molecule has 2 saturated carbocycles. The Kier molecular flexibility index (Phi) is 3.60. The highest BCUT2D eigenvalue weighted by Gasteiger charge is 2.52. The van der Waals surface area contributed by atoms with E-state index in [1.54, 1.807) is 12.1 Å². The number of methoxy groups -OCH3 is 1. The van der Waals surface area contributed by atoms with Gasteiger partial charge in [0.1, 0.15) is 5.75 Å². The molecule has 0 aromatic heterocycles. The van der Waals surface area contributed by atoms with E-state index in [2.05, 4.69) is 24.3 Å². The van der Waals surface area contributed by atoms with Crippen molar-refractivity contribution < 1.29 is 14.6 Å². The highest BCUT2D eigenvalue weighted by atomic mass is 16.5. The normalized spacial score (nSPS) is 28.0. The van der Waals surface area contributed by atoms with E-state index in [4.69, 9.17) is 4.74 Å². The van der Waals surface area contributed by atoms with E-state index < -0.39 is 0 Å². The predicted molar refractivity (Wildman–Crippen MR) is 92.1 cm³/mol. The van der Waals surface area contributed by atoms with Gasteiger partial charge in [-0.15, -0.1) is 0 Å². The van der Waals surface area contributed by atoms with Crippen molar-refractivity contribution in [3.63, 3.8) is 0 Å². The highest BCUT2D eigenvalue weighted by Crippen LogP contribution is 2.60. The summed E-state index contributed by atoms with van der Waals surface area (Å²) >= 11 is 0. The van der Waals surface area contributed by atoms with Gasteiger partial charge >= 0.3 is 5.97 Å². The number of phenolic OH excluding ortho intramolecular Hbond substituents is 1. The molecule has 0 radical (unpaired) electrons. The molecular formula is C21H22O3. The smallest absolute Gasteiger partial charge is 0.337 e. The molecule has 2 fully saturated rings. The Labute approximate surface area is 142 Å². The summed E-state index contributed by atoms with van der Waals surface area (Å²) in [5.74, 6) is 1.42. The van der Waals surface area contributed by atoms with Crippen LogP contribution < -0.4 is 0 Å². The second kappa shape index (κ2) is 5.66. The number of hydrogen-bond donors (Lipinski definition) is 1. The summed E-state index contributed by atoms with van der Waals surface area (Å²) in [7, 11) is 1.41. The molecule has 4 rings (SSSR count). The fourth-order valence-electron chi connectivity index (χ4n) is 4.98. The third-order valence-electron chi connectivity index (χ3n) is 6.05. The van der Waals surface area contributed by atoms with Crippen molar-refractivity contribution in [1.29, 1.82) is 0 Å². The summed E-state index contributed by atoms with van der Waals surface area (Å²) in [6.45, 7) is 0. The average molecular weight is 322 g/mol. The Bertz CT molecular complexity index is 748. The van der Waals surface area contributed by atoms with E-state index in [0.29, 0.717) is 17.2 Å². The van der Waals surface area contributed by atoms with Crippen LogP contribution in [0, 0.1) is 11.8 Å². The maximum Gasteiger partial charge on any atom is 0.337 e. The van der Waals surface area contributed by atoms with Gasteiger partial charge in [-0.25, -0.2) is 4.79 Å². The lowest BCUT2D eigenvalue weighted by atomic mass is 9.64. The first-order chi connectivity index (χ1) is 11.6. The van der Waals surface area contributed by atoms with Crippen molar-refractivity contribution in [3.05, 3.63) is 65.2 Å². The Hall–Kier alpha value is -2.29. The lowest BCUT2D eigenvalue weighted by molar-refractivity contribution is 0.0600. The number of carbonyl (C=O) groups excluding carboxylic acids is 1. The van der Waals surface area contributed by atoms with E-state index in [9.17, 15) is 9.90 Å². The second-order valence-electron chi connectivity index (χ2n) is 7.17. The van der Waals surface area contributed by atoms with Crippen molar-refractivity contribution in [2.45, 2.75) is 31.1 Å². The molecule has 0 amide bonds. The van der Waals surface area contributed by atoms with Gasteiger partial charge in [-0.1, -0.05) is 30.7 Å². The summed E-state index contributed by atoms with van der Waals surface area (Å²) in [6, 6.07) is 15.6. The zero-order valence-corrected chi connectivity index (χ0v) is 13.9. The first-order valence-electron chi connectivity index (χ1n) is 8.62. The Morgan fingerprint density at radius 1 is 1.04 bits per heavy atom. The molecule has 0 aliphatic heterocycles. The van der Waals surface area contributed by atoms with Gasteiger partial charge in [-0.05, 0) is 66.5 Å². The van der Waals surface area contributed by atoms with Crippen LogP contribution in [-0.2, 0) is 10.2 Å². The molecule has 3 atom stereocenters. The maximum absolute atomic E-state index is 11.7. The number of aromatic hydroxyl groups is 1. The molecular weight excluding hydrogens is 300 g/mol. The van der Waals surface area contributed by atoms with Crippen LogP contribution in [0.3, 0.4) is 0 Å². The van der Waals surface area contributed by atoms with E-state index in [0.717, 1.165) is 12.3 Å². The fraction of sp³-hybridized carbons (Fsp3) is 0.381. The number of hydrogen-bond acceptors (Lipinski definition) is 3. The van der Waals surface area contributed by atoms with Crippen LogP contribution in [0.2, 0.25) is 0 Å². The molecule has 0 spiro atoms. The SMILES string of the molecule is COC(=O)c1ccc([C@@]2(c3ccc(O)cc3)C[C@H]3CC[C@@H]2C3)cc1. The first-order valence-corrected chi connectivity index (χ1v) is 8.62. The Morgan fingerprint density at radius 2 is 1.67 bits per heavy atom. The van der Waals surface area contributed by atoms with Crippen LogP contribution in [0.1, 0.15) is 47.2 Å². The van der Waals surface area contributed by atoms with Gasteiger partial charge in [-0.2, -0.15) is 0 Å². The molecule has 2 aromatic carbocycles. The van der Waals surface area contributed by atoms with Crippen LogP contribution >= 0.6 is 0 Å². The fourth-order valence-corrected chi connectivity index (χ4v) is 4.98. The number of carbonyl (C=O) groups is 1. The quantitative estimate of drug-likeness (QED) is 0.858.